The molecule has 7 nitrogen and oxygen atoms in total. The van der Waals surface area contributed by atoms with Gasteiger partial charge >= 0.3 is 0 Å². The van der Waals surface area contributed by atoms with Crippen LogP contribution in [0.5, 0.6) is 0 Å². The Morgan fingerprint density at radius 2 is 1.00 bits per heavy atom. The number of carbonyl (C=O) groups is 4. The molecule has 0 unspecified atom stereocenters. The Morgan fingerprint density at radius 3 is 1.40 bits per heavy atom. The molecular formula is C28H33N3O4. The summed E-state index contributed by atoms with van der Waals surface area (Å²) in [5, 5.41) is 3.31. The molecule has 7 heteroatoms. The van der Waals surface area contributed by atoms with Crippen molar-refractivity contribution in [3.05, 3.63) is 70.8 Å². The van der Waals surface area contributed by atoms with Crippen molar-refractivity contribution in [1.82, 2.24) is 15.1 Å². The van der Waals surface area contributed by atoms with E-state index in [0.29, 0.717) is 50.1 Å². The zero-order valence-electron chi connectivity index (χ0n) is 20.9. The van der Waals surface area contributed by atoms with Gasteiger partial charge in [-0.05, 0) is 76.9 Å². The molecule has 0 bridgehead atoms. The summed E-state index contributed by atoms with van der Waals surface area (Å²) in [6.45, 7) is 9.35. The molecule has 184 valence electrons. The number of hydrogen-bond donors (Lipinski definition) is 1. The van der Waals surface area contributed by atoms with Gasteiger partial charge in [0.15, 0.2) is 0 Å². The second-order valence-corrected chi connectivity index (χ2v) is 10.3. The Morgan fingerprint density at radius 1 is 0.629 bits per heavy atom. The number of imide groups is 2. The summed E-state index contributed by atoms with van der Waals surface area (Å²) in [5.74, 6) is -0.831. The fourth-order valence-corrected chi connectivity index (χ4v) is 5.07. The Kier molecular flexibility index (Phi) is 6.64. The van der Waals surface area contributed by atoms with Gasteiger partial charge in [-0.15, -0.1) is 0 Å². The predicted octanol–water partition coefficient (Wildman–Crippen LogP) is 3.28. The largest absolute Gasteiger partial charge is 0.317 e. The Labute approximate surface area is 206 Å². The van der Waals surface area contributed by atoms with E-state index in [9.17, 15) is 19.2 Å². The molecular weight excluding hydrogens is 442 g/mol. The molecule has 2 heterocycles. The maximum Gasteiger partial charge on any atom is 0.260 e. The van der Waals surface area contributed by atoms with Crippen LogP contribution in [0.1, 0.15) is 72.4 Å². The van der Waals surface area contributed by atoms with Crippen molar-refractivity contribution >= 4 is 23.6 Å². The first-order valence-electron chi connectivity index (χ1n) is 12.2. The van der Waals surface area contributed by atoms with Gasteiger partial charge in [0, 0.05) is 24.2 Å². The average molecular weight is 476 g/mol. The third-order valence-electron chi connectivity index (χ3n) is 7.18. The van der Waals surface area contributed by atoms with E-state index in [4.69, 9.17) is 0 Å². The van der Waals surface area contributed by atoms with Crippen LogP contribution in [0.25, 0.3) is 0 Å². The van der Waals surface area contributed by atoms with Gasteiger partial charge in [0.05, 0.1) is 10.8 Å². The highest BCUT2D eigenvalue weighted by atomic mass is 16.2. The minimum atomic E-state index is -0.738. The van der Waals surface area contributed by atoms with Gasteiger partial charge in [0.25, 0.3) is 11.8 Å². The summed E-state index contributed by atoms with van der Waals surface area (Å²) in [7, 11) is 0. The molecule has 0 atom stereocenters. The SMILES string of the molecule is CC1(C)C(=O)N(CCCNCCCN2C(=O)c3ccccc3C(C)(C)C2=O)C(=O)c2ccccc21. The van der Waals surface area contributed by atoms with Crippen LogP contribution in [-0.4, -0.2) is 59.6 Å². The van der Waals surface area contributed by atoms with Crippen LogP contribution in [0.3, 0.4) is 0 Å². The van der Waals surface area contributed by atoms with Crippen molar-refractivity contribution in [1.29, 1.82) is 0 Å². The second kappa shape index (κ2) is 9.38. The summed E-state index contributed by atoms with van der Waals surface area (Å²) in [4.78, 5) is 54.4. The lowest BCUT2D eigenvalue weighted by Gasteiger charge is -2.37. The van der Waals surface area contributed by atoms with Gasteiger partial charge in [-0.3, -0.25) is 29.0 Å². The average Bonchev–Trinajstić information content (AvgIpc) is 2.85. The van der Waals surface area contributed by atoms with E-state index >= 15 is 0 Å². The van der Waals surface area contributed by atoms with Crippen LogP contribution in [0.2, 0.25) is 0 Å². The van der Waals surface area contributed by atoms with Gasteiger partial charge in [0.2, 0.25) is 11.8 Å². The van der Waals surface area contributed by atoms with Crippen LogP contribution in [0.4, 0.5) is 0 Å². The molecule has 2 aromatic carbocycles. The number of carbonyl (C=O) groups excluding carboxylic acids is 4. The summed E-state index contributed by atoms with van der Waals surface area (Å²) in [6.07, 6.45) is 1.25. The molecule has 2 aromatic rings. The summed E-state index contributed by atoms with van der Waals surface area (Å²) in [5.41, 5.74) is 1.25. The van der Waals surface area contributed by atoms with Crippen molar-refractivity contribution < 1.29 is 19.2 Å². The number of rotatable bonds is 8. The number of benzene rings is 2. The normalized spacial score (nSPS) is 18.5. The molecule has 0 aliphatic carbocycles. The van der Waals surface area contributed by atoms with Crippen molar-refractivity contribution in [2.45, 2.75) is 51.4 Å². The molecule has 0 radical (unpaired) electrons. The zero-order chi connectivity index (χ0) is 25.4. The first-order chi connectivity index (χ1) is 16.6. The van der Waals surface area contributed by atoms with Crippen molar-refractivity contribution in [2.24, 2.45) is 0 Å². The van der Waals surface area contributed by atoms with Crippen LogP contribution >= 0.6 is 0 Å². The summed E-state index contributed by atoms with van der Waals surface area (Å²) < 4.78 is 0. The molecule has 4 rings (SSSR count). The van der Waals surface area contributed by atoms with E-state index < -0.39 is 10.8 Å². The first-order valence-corrected chi connectivity index (χ1v) is 12.2. The maximum atomic E-state index is 13.0. The van der Waals surface area contributed by atoms with Gasteiger partial charge in [-0.1, -0.05) is 36.4 Å². The van der Waals surface area contributed by atoms with E-state index in [2.05, 4.69) is 5.32 Å². The fourth-order valence-electron chi connectivity index (χ4n) is 5.07. The molecule has 0 spiro atoms. The number of fused-ring (bicyclic) bond motifs is 2. The predicted molar refractivity (Wildman–Crippen MR) is 133 cm³/mol. The van der Waals surface area contributed by atoms with E-state index in [1.54, 1.807) is 12.1 Å². The van der Waals surface area contributed by atoms with E-state index in [1.165, 1.54) is 9.80 Å². The summed E-state index contributed by atoms with van der Waals surface area (Å²) >= 11 is 0. The minimum absolute atomic E-state index is 0.175. The molecule has 0 saturated heterocycles. The van der Waals surface area contributed by atoms with Gasteiger partial charge < -0.3 is 5.32 Å². The lowest BCUT2D eigenvalue weighted by atomic mass is 9.77. The fraction of sp³-hybridized carbons (Fsp3) is 0.429. The van der Waals surface area contributed by atoms with E-state index in [-0.39, 0.29) is 23.6 Å². The topological polar surface area (TPSA) is 86.8 Å². The molecule has 1 N–H and O–H groups in total. The van der Waals surface area contributed by atoms with Crippen molar-refractivity contribution in [3.8, 4) is 0 Å². The highest BCUT2D eigenvalue weighted by Gasteiger charge is 2.44. The monoisotopic (exact) mass is 475 g/mol. The molecule has 0 saturated carbocycles. The van der Waals surface area contributed by atoms with E-state index in [0.717, 1.165) is 11.1 Å². The highest BCUT2D eigenvalue weighted by Crippen LogP contribution is 2.35. The lowest BCUT2D eigenvalue weighted by molar-refractivity contribution is -0.135. The van der Waals surface area contributed by atoms with Gasteiger partial charge in [-0.25, -0.2) is 0 Å². The van der Waals surface area contributed by atoms with Gasteiger partial charge in [0.1, 0.15) is 0 Å². The molecule has 4 amide bonds. The molecule has 0 aromatic heterocycles. The number of nitrogens with zero attached hydrogens (tertiary/aromatic N) is 2. The number of nitrogens with one attached hydrogen (secondary N) is 1. The molecule has 2 aliphatic rings. The Hall–Kier alpha value is -3.32. The lowest BCUT2D eigenvalue weighted by Crippen LogP contribution is -2.52. The van der Waals surface area contributed by atoms with Crippen LogP contribution in [0, 0.1) is 0 Å². The standard InChI is InChI=1S/C28H33N3O4/c1-27(2)21-13-7-5-11-19(21)23(32)30(25(27)34)17-9-15-29-16-10-18-31-24(33)20-12-6-8-14-22(20)28(3,4)26(31)35/h5-8,11-14,29H,9-10,15-18H2,1-4H3. The highest BCUT2D eigenvalue weighted by molar-refractivity contribution is 6.13. The number of hydrogen-bond acceptors (Lipinski definition) is 5. The van der Waals surface area contributed by atoms with Crippen molar-refractivity contribution in [2.75, 3.05) is 26.2 Å². The minimum Gasteiger partial charge on any atom is -0.317 e. The van der Waals surface area contributed by atoms with Crippen LogP contribution < -0.4 is 5.32 Å². The zero-order valence-corrected chi connectivity index (χ0v) is 20.9. The second-order valence-electron chi connectivity index (χ2n) is 10.3. The van der Waals surface area contributed by atoms with E-state index in [1.807, 2.05) is 64.1 Å². The molecule has 35 heavy (non-hydrogen) atoms. The molecule has 0 fully saturated rings. The third-order valence-corrected chi connectivity index (χ3v) is 7.18. The Balaban J connectivity index is 1.26. The van der Waals surface area contributed by atoms with Crippen LogP contribution in [0.15, 0.2) is 48.5 Å². The molecule has 2 aliphatic heterocycles. The van der Waals surface area contributed by atoms with Gasteiger partial charge in [-0.2, -0.15) is 0 Å². The number of amides is 4. The smallest absolute Gasteiger partial charge is 0.260 e. The van der Waals surface area contributed by atoms with Crippen molar-refractivity contribution in [3.63, 3.8) is 0 Å². The maximum absolute atomic E-state index is 13.0. The third kappa shape index (κ3) is 4.29. The first kappa shape index (κ1) is 24.8. The summed E-state index contributed by atoms with van der Waals surface area (Å²) in [6, 6.07) is 14.6. The van der Waals surface area contributed by atoms with Crippen LogP contribution in [-0.2, 0) is 20.4 Å². The quantitative estimate of drug-likeness (QED) is 0.468. The Bertz CT molecular complexity index is 1090.